The molecule has 0 amide bonds. The van der Waals surface area contributed by atoms with Gasteiger partial charge in [0.25, 0.3) is 0 Å². The maximum atomic E-state index is 3.64. The van der Waals surface area contributed by atoms with Crippen LogP contribution in [-0.2, 0) is 6.54 Å². The third-order valence-electron chi connectivity index (χ3n) is 4.43. The first-order valence-corrected chi connectivity index (χ1v) is 7.85. The lowest BCUT2D eigenvalue weighted by molar-refractivity contribution is 0.335. The lowest BCUT2D eigenvalue weighted by Crippen LogP contribution is -2.29. The fourth-order valence-corrected chi connectivity index (χ4v) is 3.15. The Hall–Kier alpha value is -0.860. The maximum absolute atomic E-state index is 3.64. The molecule has 2 fully saturated rings. The van der Waals surface area contributed by atoms with Gasteiger partial charge in [0.05, 0.1) is 0 Å². The van der Waals surface area contributed by atoms with Crippen LogP contribution in [0.5, 0.6) is 0 Å². The molecule has 2 nitrogen and oxygen atoms in total. The molecule has 0 unspecified atom stereocenters. The maximum Gasteiger partial charge on any atom is 0.0208 e. The summed E-state index contributed by atoms with van der Waals surface area (Å²) < 4.78 is 0. The van der Waals surface area contributed by atoms with Gasteiger partial charge in [0.15, 0.2) is 0 Å². The van der Waals surface area contributed by atoms with Crippen molar-refractivity contribution in [2.45, 2.75) is 45.1 Å². The highest BCUT2D eigenvalue weighted by Crippen LogP contribution is 2.41. The van der Waals surface area contributed by atoms with Gasteiger partial charge in [-0.15, -0.1) is 0 Å². The Morgan fingerprint density at radius 3 is 2.74 bits per heavy atom. The van der Waals surface area contributed by atoms with Crippen molar-refractivity contribution in [3.8, 4) is 0 Å². The minimum Gasteiger partial charge on any atom is -0.311 e. The SMILES string of the molecule is Cc1ccc(C2CC2)c(CNCCN2CCCC2)c1. The largest absolute Gasteiger partial charge is 0.311 e. The van der Waals surface area contributed by atoms with Gasteiger partial charge in [-0.2, -0.15) is 0 Å². The molecule has 1 N–H and O–H groups in total. The molecule has 0 atom stereocenters. The summed E-state index contributed by atoms with van der Waals surface area (Å²) in [6, 6.07) is 6.99. The number of aryl methyl sites for hydroxylation is 1. The second kappa shape index (κ2) is 6.06. The Labute approximate surface area is 117 Å². The van der Waals surface area contributed by atoms with E-state index in [0.717, 1.165) is 19.0 Å². The van der Waals surface area contributed by atoms with Crippen LogP contribution in [0, 0.1) is 6.92 Å². The van der Waals surface area contributed by atoms with Crippen LogP contribution in [0.4, 0.5) is 0 Å². The molecule has 0 aromatic heterocycles. The van der Waals surface area contributed by atoms with Crippen LogP contribution in [0.1, 0.15) is 48.3 Å². The lowest BCUT2D eigenvalue weighted by atomic mass is 10.0. The molecule has 3 rings (SSSR count). The van der Waals surface area contributed by atoms with Crippen LogP contribution >= 0.6 is 0 Å². The molecule has 1 aliphatic heterocycles. The summed E-state index contributed by atoms with van der Waals surface area (Å²) in [4.78, 5) is 2.57. The molecule has 1 aliphatic carbocycles. The molecule has 0 radical (unpaired) electrons. The highest BCUT2D eigenvalue weighted by Gasteiger charge is 2.25. The molecule has 19 heavy (non-hydrogen) atoms. The molecular formula is C17H26N2. The molecule has 104 valence electrons. The lowest BCUT2D eigenvalue weighted by Gasteiger charge is -2.16. The first kappa shape index (κ1) is 13.1. The zero-order valence-corrected chi connectivity index (χ0v) is 12.1. The van der Waals surface area contributed by atoms with Gasteiger partial charge in [-0.25, -0.2) is 0 Å². The Balaban J connectivity index is 1.49. The van der Waals surface area contributed by atoms with E-state index in [1.54, 1.807) is 5.56 Å². The number of likely N-dealkylation sites (tertiary alicyclic amines) is 1. The summed E-state index contributed by atoms with van der Waals surface area (Å²) in [5, 5.41) is 3.64. The predicted octanol–water partition coefficient (Wildman–Crippen LogP) is 3.06. The van der Waals surface area contributed by atoms with Crippen LogP contribution in [0.3, 0.4) is 0 Å². The molecule has 1 saturated heterocycles. The predicted molar refractivity (Wildman–Crippen MR) is 80.5 cm³/mol. The van der Waals surface area contributed by atoms with Gasteiger partial charge in [-0.05, 0) is 62.7 Å². The summed E-state index contributed by atoms with van der Waals surface area (Å²) in [6.07, 6.45) is 5.57. The van der Waals surface area contributed by atoms with E-state index in [0.29, 0.717) is 0 Å². The van der Waals surface area contributed by atoms with Crippen molar-refractivity contribution in [1.29, 1.82) is 0 Å². The van der Waals surface area contributed by atoms with Crippen molar-refractivity contribution < 1.29 is 0 Å². The molecule has 1 heterocycles. The second-order valence-corrected chi connectivity index (χ2v) is 6.20. The summed E-state index contributed by atoms with van der Waals surface area (Å²) in [5.41, 5.74) is 4.52. The first-order valence-electron chi connectivity index (χ1n) is 7.85. The number of hydrogen-bond donors (Lipinski definition) is 1. The Bertz CT molecular complexity index is 417. The quantitative estimate of drug-likeness (QED) is 0.789. The average Bonchev–Trinajstić information content (AvgIpc) is 3.12. The molecule has 1 aromatic carbocycles. The fraction of sp³-hybridized carbons (Fsp3) is 0.647. The van der Waals surface area contributed by atoms with Crippen molar-refractivity contribution >= 4 is 0 Å². The molecule has 0 bridgehead atoms. The monoisotopic (exact) mass is 258 g/mol. The zero-order chi connectivity index (χ0) is 13.1. The van der Waals surface area contributed by atoms with Crippen LogP contribution in [0.2, 0.25) is 0 Å². The molecular weight excluding hydrogens is 232 g/mol. The minimum atomic E-state index is 0.857. The minimum absolute atomic E-state index is 0.857. The van der Waals surface area contributed by atoms with Crippen LogP contribution in [-0.4, -0.2) is 31.1 Å². The smallest absolute Gasteiger partial charge is 0.0208 e. The third kappa shape index (κ3) is 3.58. The van der Waals surface area contributed by atoms with Gasteiger partial charge in [0.1, 0.15) is 0 Å². The average molecular weight is 258 g/mol. The summed E-state index contributed by atoms with van der Waals surface area (Å²) in [7, 11) is 0. The summed E-state index contributed by atoms with van der Waals surface area (Å²) in [6.45, 7) is 8.19. The fourth-order valence-electron chi connectivity index (χ4n) is 3.15. The van der Waals surface area contributed by atoms with Crippen LogP contribution in [0.15, 0.2) is 18.2 Å². The van der Waals surface area contributed by atoms with Crippen molar-refractivity contribution in [3.05, 3.63) is 34.9 Å². The van der Waals surface area contributed by atoms with Gasteiger partial charge in [-0.3, -0.25) is 0 Å². The molecule has 1 saturated carbocycles. The van der Waals surface area contributed by atoms with Crippen LogP contribution < -0.4 is 5.32 Å². The number of nitrogens with zero attached hydrogens (tertiary/aromatic N) is 1. The van der Waals surface area contributed by atoms with Crippen molar-refractivity contribution in [3.63, 3.8) is 0 Å². The molecule has 1 aromatic rings. The van der Waals surface area contributed by atoms with Gasteiger partial charge in [0.2, 0.25) is 0 Å². The molecule has 2 heteroatoms. The molecule has 0 spiro atoms. The van der Waals surface area contributed by atoms with Gasteiger partial charge in [-0.1, -0.05) is 23.8 Å². The summed E-state index contributed by atoms with van der Waals surface area (Å²) in [5.74, 6) is 0.857. The highest BCUT2D eigenvalue weighted by atomic mass is 15.1. The van der Waals surface area contributed by atoms with E-state index >= 15 is 0 Å². The topological polar surface area (TPSA) is 15.3 Å². The van der Waals surface area contributed by atoms with E-state index < -0.39 is 0 Å². The number of rotatable bonds is 6. The highest BCUT2D eigenvalue weighted by molar-refractivity contribution is 5.36. The van der Waals surface area contributed by atoms with Crippen molar-refractivity contribution in [1.82, 2.24) is 10.2 Å². The second-order valence-electron chi connectivity index (χ2n) is 6.20. The number of hydrogen-bond acceptors (Lipinski definition) is 2. The van der Waals surface area contributed by atoms with Gasteiger partial charge >= 0.3 is 0 Å². The van der Waals surface area contributed by atoms with E-state index in [1.165, 1.54) is 56.4 Å². The normalized spacial score (nSPS) is 20.1. The number of nitrogens with one attached hydrogen (secondary N) is 1. The van der Waals surface area contributed by atoms with Crippen LogP contribution in [0.25, 0.3) is 0 Å². The summed E-state index contributed by atoms with van der Waals surface area (Å²) >= 11 is 0. The zero-order valence-electron chi connectivity index (χ0n) is 12.1. The van der Waals surface area contributed by atoms with E-state index in [1.807, 2.05) is 0 Å². The van der Waals surface area contributed by atoms with E-state index in [4.69, 9.17) is 0 Å². The van der Waals surface area contributed by atoms with E-state index in [2.05, 4.69) is 35.3 Å². The van der Waals surface area contributed by atoms with E-state index in [9.17, 15) is 0 Å². The van der Waals surface area contributed by atoms with Gasteiger partial charge < -0.3 is 10.2 Å². The standard InChI is InChI=1S/C17H26N2/c1-14-4-7-17(15-5-6-15)16(12-14)13-18-8-11-19-9-2-3-10-19/h4,7,12,15,18H,2-3,5-6,8-11,13H2,1H3. The Morgan fingerprint density at radius 1 is 1.21 bits per heavy atom. The van der Waals surface area contributed by atoms with Crippen molar-refractivity contribution in [2.75, 3.05) is 26.2 Å². The number of benzene rings is 1. The Kier molecular flexibility index (Phi) is 4.19. The van der Waals surface area contributed by atoms with E-state index in [-0.39, 0.29) is 0 Å². The first-order chi connectivity index (χ1) is 9.33. The molecule has 2 aliphatic rings. The Morgan fingerprint density at radius 2 is 2.00 bits per heavy atom. The van der Waals surface area contributed by atoms with Crippen molar-refractivity contribution in [2.24, 2.45) is 0 Å². The van der Waals surface area contributed by atoms with Gasteiger partial charge in [0, 0.05) is 19.6 Å². The third-order valence-corrected chi connectivity index (χ3v) is 4.43.